The number of nitrogens with zero attached hydrogens (tertiary/aromatic N) is 4. The van der Waals surface area contributed by atoms with Gasteiger partial charge >= 0.3 is 0 Å². The van der Waals surface area contributed by atoms with Gasteiger partial charge in [0.15, 0.2) is 0 Å². The third-order valence-electron chi connectivity index (χ3n) is 4.68. The Morgan fingerprint density at radius 2 is 2.29 bits per heavy atom. The molecule has 4 rings (SSSR count). The van der Waals surface area contributed by atoms with Crippen LogP contribution in [0.2, 0.25) is 0 Å². The molecular formula is C17H20N6O. The molecule has 2 aromatic heterocycles. The minimum Gasteiger partial charge on any atom is -0.340 e. The van der Waals surface area contributed by atoms with E-state index in [1.165, 1.54) is 0 Å². The van der Waals surface area contributed by atoms with E-state index in [2.05, 4.69) is 15.2 Å². The molecule has 0 unspecified atom stereocenters. The Morgan fingerprint density at radius 3 is 3.08 bits per heavy atom. The third-order valence-corrected chi connectivity index (χ3v) is 4.68. The molecule has 0 saturated carbocycles. The Labute approximate surface area is 139 Å². The molecule has 1 fully saturated rings. The van der Waals surface area contributed by atoms with Crippen LogP contribution in [0.25, 0.3) is 10.9 Å². The van der Waals surface area contributed by atoms with Crippen molar-refractivity contribution in [2.24, 2.45) is 12.8 Å². The Morgan fingerprint density at radius 1 is 1.42 bits per heavy atom. The highest BCUT2D eigenvalue weighted by atomic mass is 16.2. The zero-order valence-corrected chi connectivity index (χ0v) is 13.5. The van der Waals surface area contributed by atoms with E-state index in [0.29, 0.717) is 19.5 Å². The van der Waals surface area contributed by atoms with Crippen molar-refractivity contribution in [1.82, 2.24) is 24.6 Å². The topological polar surface area (TPSA) is 92.8 Å². The lowest BCUT2D eigenvalue weighted by molar-refractivity contribution is -0.129. The van der Waals surface area contributed by atoms with Gasteiger partial charge in [-0.25, -0.2) is 4.98 Å². The average molecular weight is 324 g/mol. The van der Waals surface area contributed by atoms with Gasteiger partial charge in [-0.15, -0.1) is 0 Å². The van der Waals surface area contributed by atoms with Crippen LogP contribution in [0.4, 0.5) is 0 Å². The Balaban J connectivity index is 1.46. The summed E-state index contributed by atoms with van der Waals surface area (Å²) in [5, 5.41) is 7.99. The number of aromatic nitrogens is 4. The summed E-state index contributed by atoms with van der Waals surface area (Å²) < 4.78 is 1.91. The number of hydrogen-bond donors (Lipinski definition) is 2. The molecule has 0 aliphatic carbocycles. The average Bonchev–Trinajstić information content (AvgIpc) is 3.26. The number of aryl methyl sites for hydroxylation is 1. The zero-order valence-electron chi connectivity index (χ0n) is 13.5. The van der Waals surface area contributed by atoms with Gasteiger partial charge in [0.1, 0.15) is 0 Å². The molecule has 1 saturated heterocycles. The SMILES string of the molecule is Cn1cnc([C@@H]2CN(C(=O)Cc3ccc4cn[nH]c4c3)C[C@H]2N)c1. The molecule has 7 nitrogen and oxygen atoms in total. The highest BCUT2D eigenvalue weighted by molar-refractivity contribution is 5.83. The standard InChI is InChI=1S/C17H20N6O/c1-22-9-16(19-10-22)13-7-23(8-14(13)18)17(24)5-11-2-3-12-6-20-21-15(12)4-11/h2-4,6,9-10,13-14H,5,7-8,18H2,1H3,(H,20,21)/t13-,14-/m1/s1. The van der Waals surface area contributed by atoms with Gasteiger partial charge in [-0.2, -0.15) is 5.10 Å². The fourth-order valence-electron chi connectivity index (χ4n) is 3.35. The van der Waals surface area contributed by atoms with Crippen LogP contribution in [0.3, 0.4) is 0 Å². The fraction of sp³-hybridized carbons (Fsp3) is 0.353. The molecule has 24 heavy (non-hydrogen) atoms. The summed E-state index contributed by atoms with van der Waals surface area (Å²) in [4.78, 5) is 18.9. The normalized spacial score (nSPS) is 20.8. The molecule has 1 amide bonds. The maximum atomic E-state index is 12.6. The predicted molar refractivity (Wildman–Crippen MR) is 90.3 cm³/mol. The van der Waals surface area contributed by atoms with Gasteiger partial charge in [0.05, 0.1) is 30.2 Å². The quantitative estimate of drug-likeness (QED) is 0.745. The van der Waals surface area contributed by atoms with Crippen LogP contribution in [0.5, 0.6) is 0 Å². The summed E-state index contributed by atoms with van der Waals surface area (Å²) in [7, 11) is 1.94. The van der Waals surface area contributed by atoms with Crippen molar-refractivity contribution in [2.45, 2.75) is 18.4 Å². The summed E-state index contributed by atoms with van der Waals surface area (Å²) in [5.41, 5.74) is 9.13. The first-order valence-electron chi connectivity index (χ1n) is 8.03. The minimum atomic E-state index is -0.0704. The van der Waals surface area contributed by atoms with E-state index in [4.69, 9.17) is 5.73 Å². The van der Waals surface area contributed by atoms with E-state index in [1.54, 1.807) is 12.5 Å². The Bertz CT molecular complexity index is 882. The summed E-state index contributed by atoms with van der Waals surface area (Å²) >= 11 is 0. The van der Waals surface area contributed by atoms with Crippen molar-refractivity contribution in [3.63, 3.8) is 0 Å². The molecule has 0 spiro atoms. The molecule has 0 radical (unpaired) electrons. The largest absolute Gasteiger partial charge is 0.340 e. The first kappa shape index (κ1) is 14.9. The number of aromatic amines is 1. The monoisotopic (exact) mass is 324 g/mol. The van der Waals surface area contributed by atoms with Gasteiger partial charge in [0.2, 0.25) is 5.91 Å². The van der Waals surface area contributed by atoms with E-state index in [1.807, 2.05) is 40.9 Å². The molecule has 1 aromatic carbocycles. The molecular weight excluding hydrogens is 304 g/mol. The van der Waals surface area contributed by atoms with Crippen molar-refractivity contribution in [3.05, 3.63) is 48.2 Å². The lowest BCUT2D eigenvalue weighted by Crippen LogP contribution is -2.33. The molecule has 3 aromatic rings. The number of rotatable bonds is 3. The molecule has 3 heterocycles. The van der Waals surface area contributed by atoms with E-state index in [-0.39, 0.29) is 17.9 Å². The van der Waals surface area contributed by atoms with Gasteiger partial charge < -0.3 is 15.2 Å². The number of amides is 1. The fourth-order valence-corrected chi connectivity index (χ4v) is 3.35. The number of nitrogens with two attached hydrogens (primary N) is 1. The van der Waals surface area contributed by atoms with E-state index in [9.17, 15) is 4.79 Å². The number of carbonyl (C=O) groups excluding carboxylic acids is 1. The van der Waals surface area contributed by atoms with Gasteiger partial charge in [-0.3, -0.25) is 9.89 Å². The molecule has 124 valence electrons. The molecule has 3 N–H and O–H groups in total. The van der Waals surface area contributed by atoms with Gasteiger partial charge in [-0.1, -0.05) is 12.1 Å². The van der Waals surface area contributed by atoms with Crippen LogP contribution in [0, 0.1) is 0 Å². The number of H-pyrrole nitrogens is 1. The number of hydrogen-bond acceptors (Lipinski definition) is 4. The van der Waals surface area contributed by atoms with E-state index >= 15 is 0 Å². The highest BCUT2D eigenvalue weighted by Gasteiger charge is 2.35. The molecule has 1 aliphatic heterocycles. The van der Waals surface area contributed by atoms with Crippen molar-refractivity contribution >= 4 is 16.8 Å². The highest BCUT2D eigenvalue weighted by Crippen LogP contribution is 2.26. The lowest BCUT2D eigenvalue weighted by Gasteiger charge is -2.16. The first-order chi connectivity index (χ1) is 11.6. The molecule has 1 aliphatic rings. The van der Waals surface area contributed by atoms with Crippen molar-refractivity contribution in [2.75, 3.05) is 13.1 Å². The third kappa shape index (κ3) is 2.67. The summed E-state index contributed by atoms with van der Waals surface area (Å²) in [6.07, 6.45) is 5.89. The van der Waals surface area contributed by atoms with Crippen molar-refractivity contribution < 1.29 is 4.79 Å². The number of nitrogens with one attached hydrogen (secondary N) is 1. The second-order valence-electron chi connectivity index (χ2n) is 6.50. The van der Waals surface area contributed by atoms with Crippen LogP contribution in [-0.2, 0) is 18.3 Å². The number of imidazole rings is 1. The van der Waals surface area contributed by atoms with Crippen molar-refractivity contribution in [3.8, 4) is 0 Å². The van der Waals surface area contributed by atoms with Crippen molar-refractivity contribution in [1.29, 1.82) is 0 Å². The predicted octanol–water partition coefficient (Wildman–Crippen LogP) is 0.792. The molecule has 2 atom stereocenters. The number of likely N-dealkylation sites (tertiary alicyclic amines) is 1. The van der Waals surface area contributed by atoms with Crippen LogP contribution in [-0.4, -0.2) is 49.7 Å². The number of carbonyl (C=O) groups is 1. The Kier molecular flexibility index (Phi) is 3.57. The summed E-state index contributed by atoms with van der Waals surface area (Å²) in [6, 6.07) is 5.86. The molecule has 0 bridgehead atoms. The number of benzene rings is 1. The maximum absolute atomic E-state index is 12.6. The van der Waals surface area contributed by atoms with Gasteiger partial charge in [0.25, 0.3) is 0 Å². The van der Waals surface area contributed by atoms with E-state index < -0.39 is 0 Å². The van der Waals surface area contributed by atoms with Crippen LogP contribution >= 0.6 is 0 Å². The second-order valence-corrected chi connectivity index (χ2v) is 6.50. The van der Waals surface area contributed by atoms with E-state index in [0.717, 1.165) is 22.2 Å². The second kappa shape index (κ2) is 5.76. The van der Waals surface area contributed by atoms with Gasteiger partial charge in [-0.05, 0) is 11.6 Å². The number of fused-ring (bicyclic) bond motifs is 1. The zero-order chi connectivity index (χ0) is 16.7. The van der Waals surface area contributed by atoms with Gasteiger partial charge in [0, 0.05) is 43.7 Å². The first-order valence-corrected chi connectivity index (χ1v) is 8.03. The van der Waals surface area contributed by atoms with Crippen LogP contribution < -0.4 is 5.73 Å². The van der Waals surface area contributed by atoms with Crippen LogP contribution in [0.1, 0.15) is 17.2 Å². The maximum Gasteiger partial charge on any atom is 0.227 e. The Hall–Kier alpha value is -2.67. The van der Waals surface area contributed by atoms with Crippen LogP contribution in [0.15, 0.2) is 36.9 Å². The molecule has 7 heteroatoms. The summed E-state index contributed by atoms with van der Waals surface area (Å²) in [6.45, 7) is 1.20. The lowest BCUT2D eigenvalue weighted by atomic mass is 10.0. The summed E-state index contributed by atoms with van der Waals surface area (Å²) in [5.74, 6) is 0.202. The smallest absolute Gasteiger partial charge is 0.227 e. The minimum absolute atomic E-state index is 0.0704.